The third kappa shape index (κ3) is 7.12. The average molecular weight is 505 g/mol. The molecule has 5 atom stereocenters. The molecule has 0 amide bonds. The lowest BCUT2D eigenvalue weighted by Crippen LogP contribution is -2.62. The molecule has 0 aliphatic carbocycles. The maximum Gasteiger partial charge on any atom is 0.338 e. The molecule has 35 heavy (non-hydrogen) atoms. The Hall–Kier alpha value is -3.24. The van der Waals surface area contributed by atoms with Gasteiger partial charge in [0.1, 0.15) is 24.7 Å². The summed E-state index contributed by atoms with van der Waals surface area (Å²) in [6.45, 7) is 3.18. The van der Waals surface area contributed by atoms with Crippen molar-refractivity contribution in [1.82, 2.24) is 0 Å². The third-order valence-electron chi connectivity index (χ3n) is 5.01. The summed E-state index contributed by atoms with van der Waals surface area (Å²) < 4.78 is 27.5. The largest absolute Gasteiger partial charge is 0.459 e. The number of benzene rings is 2. The first-order valence-electron chi connectivity index (χ1n) is 10.7. The van der Waals surface area contributed by atoms with Crippen LogP contribution in [0.15, 0.2) is 73.3 Å². The van der Waals surface area contributed by atoms with Crippen LogP contribution in [0.1, 0.15) is 20.7 Å². The standard InChI is InChI=1S/C25H25ClO9/c1-2-13-31-25-22(35-24(30)17-11-7-4-8-12-17)21(34-19(27)14-26)20(28)18(33-25)15-32-23(29)16-9-5-3-6-10-16/h2-12,18,20-22,25,28H,1,13-15H2/t18-,20-,21+,22-,25+/m1/s1. The van der Waals surface area contributed by atoms with Gasteiger partial charge in [0.15, 0.2) is 18.5 Å². The van der Waals surface area contributed by atoms with Gasteiger partial charge in [-0.2, -0.15) is 0 Å². The van der Waals surface area contributed by atoms with Crippen LogP contribution in [0.25, 0.3) is 0 Å². The molecule has 1 saturated heterocycles. The summed E-state index contributed by atoms with van der Waals surface area (Å²) in [6.07, 6.45) is -5.32. The zero-order valence-electron chi connectivity index (χ0n) is 18.7. The summed E-state index contributed by atoms with van der Waals surface area (Å²) in [5.74, 6) is -2.76. The molecule has 1 N–H and O–H groups in total. The van der Waals surface area contributed by atoms with Crippen molar-refractivity contribution in [3.63, 3.8) is 0 Å². The van der Waals surface area contributed by atoms with Crippen molar-refractivity contribution in [2.24, 2.45) is 0 Å². The van der Waals surface area contributed by atoms with Crippen molar-refractivity contribution < 1.29 is 43.2 Å². The summed E-state index contributed by atoms with van der Waals surface area (Å²) in [5, 5.41) is 11.0. The van der Waals surface area contributed by atoms with Crippen molar-refractivity contribution in [3.8, 4) is 0 Å². The van der Waals surface area contributed by atoms with Gasteiger partial charge in [-0.15, -0.1) is 18.2 Å². The molecule has 186 valence electrons. The number of aliphatic hydroxyl groups excluding tert-OH is 1. The minimum absolute atomic E-state index is 0.00710. The van der Waals surface area contributed by atoms with Crippen molar-refractivity contribution in [2.45, 2.75) is 30.7 Å². The molecule has 0 spiro atoms. The molecule has 0 aromatic heterocycles. The zero-order valence-corrected chi connectivity index (χ0v) is 19.4. The van der Waals surface area contributed by atoms with E-state index in [1.165, 1.54) is 18.2 Å². The minimum atomic E-state index is -1.54. The minimum Gasteiger partial charge on any atom is -0.459 e. The summed E-state index contributed by atoms with van der Waals surface area (Å²) in [7, 11) is 0. The Morgan fingerprint density at radius 1 is 0.943 bits per heavy atom. The van der Waals surface area contributed by atoms with Crippen LogP contribution >= 0.6 is 11.6 Å². The van der Waals surface area contributed by atoms with Crippen LogP contribution in [-0.4, -0.2) is 72.8 Å². The van der Waals surface area contributed by atoms with Crippen LogP contribution in [0.3, 0.4) is 0 Å². The second kappa shape index (κ2) is 13.0. The highest BCUT2D eigenvalue weighted by atomic mass is 35.5. The SMILES string of the molecule is C=CCO[C@H]1O[C@H](COC(=O)c2ccccc2)[C@@H](O)[C@H](OC(=O)CCl)[C@H]1OC(=O)c1ccccc1. The molecule has 1 aliphatic heterocycles. The monoisotopic (exact) mass is 504 g/mol. The highest BCUT2D eigenvalue weighted by molar-refractivity contribution is 6.26. The first-order valence-corrected chi connectivity index (χ1v) is 11.3. The van der Waals surface area contributed by atoms with Gasteiger partial charge in [0.05, 0.1) is 17.7 Å². The highest BCUT2D eigenvalue weighted by Crippen LogP contribution is 2.28. The fourth-order valence-corrected chi connectivity index (χ4v) is 3.41. The van der Waals surface area contributed by atoms with Gasteiger partial charge in [-0.25, -0.2) is 9.59 Å². The molecule has 1 fully saturated rings. The van der Waals surface area contributed by atoms with Gasteiger partial charge in [0, 0.05) is 0 Å². The van der Waals surface area contributed by atoms with Crippen molar-refractivity contribution in [1.29, 1.82) is 0 Å². The number of hydrogen-bond acceptors (Lipinski definition) is 9. The van der Waals surface area contributed by atoms with E-state index in [0.29, 0.717) is 5.56 Å². The van der Waals surface area contributed by atoms with Gasteiger partial charge in [-0.3, -0.25) is 4.79 Å². The first-order chi connectivity index (χ1) is 16.9. The van der Waals surface area contributed by atoms with Gasteiger partial charge >= 0.3 is 17.9 Å². The van der Waals surface area contributed by atoms with Crippen LogP contribution in [0.2, 0.25) is 0 Å². The normalized spacial score (nSPS) is 23.7. The number of carbonyl (C=O) groups is 3. The first kappa shape index (κ1) is 26.4. The smallest absolute Gasteiger partial charge is 0.338 e. The Balaban J connectivity index is 1.81. The molecule has 0 radical (unpaired) electrons. The molecule has 1 aliphatic rings. The van der Waals surface area contributed by atoms with E-state index in [9.17, 15) is 19.5 Å². The number of carbonyl (C=O) groups excluding carboxylic acids is 3. The van der Waals surface area contributed by atoms with Crippen molar-refractivity contribution >= 4 is 29.5 Å². The van der Waals surface area contributed by atoms with Crippen LogP contribution < -0.4 is 0 Å². The Morgan fingerprint density at radius 3 is 2.11 bits per heavy atom. The van der Waals surface area contributed by atoms with E-state index in [0.717, 1.165) is 0 Å². The van der Waals surface area contributed by atoms with Gasteiger partial charge in [-0.05, 0) is 24.3 Å². The van der Waals surface area contributed by atoms with Gasteiger partial charge in [0.2, 0.25) is 0 Å². The fraction of sp³-hybridized carbons (Fsp3) is 0.320. The molecule has 3 rings (SSSR count). The summed E-state index contributed by atoms with van der Waals surface area (Å²) in [6, 6.07) is 16.3. The Kier molecular flexibility index (Phi) is 9.80. The van der Waals surface area contributed by atoms with E-state index in [2.05, 4.69) is 6.58 Å². The second-order valence-corrected chi connectivity index (χ2v) is 7.71. The average Bonchev–Trinajstić information content (AvgIpc) is 2.90. The maximum absolute atomic E-state index is 12.7. The molecular weight excluding hydrogens is 480 g/mol. The van der Waals surface area contributed by atoms with Crippen molar-refractivity contribution in [3.05, 3.63) is 84.4 Å². The Bertz CT molecular complexity index is 999. The molecular formula is C25H25ClO9. The van der Waals surface area contributed by atoms with Crippen molar-refractivity contribution in [2.75, 3.05) is 19.1 Å². The number of alkyl halides is 1. The third-order valence-corrected chi connectivity index (χ3v) is 5.23. The predicted molar refractivity (Wildman–Crippen MR) is 124 cm³/mol. The summed E-state index contributed by atoms with van der Waals surface area (Å²) >= 11 is 5.59. The van der Waals surface area contributed by atoms with Gasteiger partial charge in [-0.1, -0.05) is 42.5 Å². The number of ether oxygens (including phenoxy) is 5. The molecule has 2 aromatic rings. The van der Waals surface area contributed by atoms with E-state index in [1.54, 1.807) is 48.5 Å². The van der Waals surface area contributed by atoms with Crippen LogP contribution in [-0.2, 0) is 28.5 Å². The predicted octanol–water partition coefficient (Wildman–Crippen LogP) is 2.51. The van der Waals surface area contributed by atoms with E-state index in [4.69, 9.17) is 35.3 Å². The second-order valence-electron chi connectivity index (χ2n) is 7.44. The lowest BCUT2D eigenvalue weighted by atomic mass is 9.98. The molecule has 0 unspecified atom stereocenters. The maximum atomic E-state index is 12.7. The number of halogens is 1. The Labute approximate surface area is 207 Å². The summed E-state index contributed by atoms with van der Waals surface area (Å²) in [5.41, 5.74) is 0.530. The summed E-state index contributed by atoms with van der Waals surface area (Å²) in [4.78, 5) is 37.1. The number of rotatable bonds is 10. The van der Waals surface area contributed by atoms with Crippen LogP contribution in [0.4, 0.5) is 0 Å². The number of aliphatic hydroxyl groups is 1. The molecule has 9 nitrogen and oxygen atoms in total. The van der Waals surface area contributed by atoms with E-state index < -0.39 is 61.1 Å². The van der Waals surface area contributed by atoms with Gasteiger partial charge in [0.25, 0.3) is 0 Å². The molecule has 1 heterocycles. The lowest BCUT2D eigenvalue weighted by Gasteiger charge is -2.42. The molecule has 2 aromatic carbocycles. The number of esters is 3. The van der Waals surface area contributed by atoms with Crippen LogP contribution in [0.5, 0.6) is 0 Å². The van der Waals surface area contributed by atoms with Gasteiger partial charge < -0.3 is 28.8 Å². The molecule has 0 bridgehead atoms. The zero-order chi connectivity index (χ0) is 25.2. The highest BCUT2D eigenvalue weighted by Gasteiger charge is 2.50. The van der Waals surface area contributed by atoms with E-state index >= 15 is 0 Å². The number of hydrogen-bond donors (Lipinski definition) is 1. The van der Waals surface area contributed by atoms with E-state index in [1.807, 2.05) is 0 Å². The quantitative estimate of drug-likeness (QED) is 0.225. The van der Waals surface area contributed by atoms with E-state index in [-0.39, 0.29) is 12.2 Å². The van der Waals surface area contributed by atoms with Crippen LogP contribution in [0, 0.1) is 0 Å². The molecule has 0 saturated carbocycles. The topological polar surface area (TPSA) is 118 Å². The molecule has 10 heteroatoms. The fourth-order valence-electron chi connectivity index (χ4n) is 3.35. The lowest BCUT2D eigenvalue weighted by molar-refractivity contribution is -0.299. The Morgan fingerprint density at radius 2 is 1.54 bits per heavy atom.